The fourth-order valence-corrected chi connectivity index (χ4v) is 2.05. The lowest BCUT2D eigenvalue weighted by molar-refractivity contribution is 0.171. The molecule has 3 nitrogen and oxygen atoms in total. The largest absolute Gasteiger partial charge is 0.392 e. The molecule has 0 N–H and O–H groups in total. The summed E-state index contributed by atoms with van der Waals surface area (Å²) in [6.07, 6.45) is 8.32. The Morgan fingerprint density at radius 1 is 1.80 bits per heavy atom. The molecule has 0 aliphatic carbocycles. The van der Waals surface area contributed by atoms with Crippen LogP contribution in [0.3, 0.4) is 0 Å². The molecule has 2 unspecified atom stereocenters. The highest BCUT2D eigenvalue weighted by molar-refractivity contribution is 5.91. The Morgan fingerprint density at radius 2 is 2.67 bits per heavy atom. The normalized spacial score (nSPS) is 32.0. The predicted octanol–water partition coefficient (Wildman–Crippen LogP) is 1.27. The van der Waals surface area contributed by atoms with Gasteiger partial charge in [-0.15, -0.1) is 6.42 Å². The molecule has 3 heteroatoms. The summed E-state index contributed by atoms with van der Waals surface area (Å²) in [5.41, 5.74) is 2.10. The highest BCUT2D eigenvalue weighted by Crippen LogP contribution is 2.25. The number of fused-ring (bicyclic) bond motifs is 2. The van der Waals surface area contributed by atoms with Gasteiger partial charge in [-0.25, -0.2) is 0 Å². The van der Waals surface area contributed by atoms with Crippen LogP contribution in [0.4, 0.5) is 0 Å². The molecule has 2 atom stereocenters. The Kier molecular flexibility index (Phi) is 3.08. The quantitative estimate of drug-likeness (QED) is 0.393. The fourth-order valence-electron chi connectivity index (χ4n) is 2.05. The summed E-state index contributed by atoms with van der Waals surface area (Å²) in [7, 11) is 0. The number of rotatable bonds is 3. The highest BCUT2D eigenvalue weighted by Gasteiger charge is 2.35. The lowest BCUT2D eigenvalue weighted by Gasteiger charge is -2.12. The zero-order chi connectivity index (χ0) is 10.7. The van der Waals surface area contributed by atoms with Crippen molar-refractivity contribution in [2.45, 2.75) is 13.3 Å². The summed E-state index contributed by atoms with van der Waals surface area (Å²) >= 11 is 0. The summed E-state index contributed by atoms with van der Waals surface area (Å²) in [5.74, 6) is 3.19. The van der Waals surface area contributed by atoms with Gasteiger partial charge in [0.2, 0.25) is 0 Å². The van der Waals surface area contributed by atoms with Crippen LogP contribution in [0.2, 0.25) is 0 Å². The number of allylic oxidation sites excluding steroid dienone is 1. The maximum absolute atomic E-state index is 5.23. The number of oxime groups is 1. The first-order valence-corrected chi connectivity index (χ1v) is 5.34. The summed E-state index contributed by atoms with van der Waals surface area (Å²) in [6.45, 7) is 5.75. The van der Waals surface area contributed by atoms with Gasteiger partial charge in [0, 0.05) is 19.0 Å². The Balaban J connectivity index is 1.78. The number of piperidine rings is 1. The summed E-state index contributed by atoms with van der Waals surface area (Å²) in [5, 5.41) is 4.17. The molecule has 0 aromatic rings. The van der Waals surface area contributed by atoms with Crippen molar-refractivity contribution in [3.8, 4) is 12.3 Å². The average Bonchev–Trinajstić information content (AvgIpc) is 2.85. The maximum atomic E-state index is 5.23. The van der Waals surface area contributed by atoms with Crippen molar-refractivity contribution in [1.29, 1.82) is 0 Å². The first kappa shape index (κ1) is 10.3. The Morgan fingerprint density at radius 3 is 3.27 bits per heavy atom. The van der Waals surface area contributed by atoms with Gasteiger partial charge in [0.1, 0.15) is 6.61 Å². The molecule has 2 rings (SSSR count). The molecule has 0 spiro atoms. The van der Waals surface area contributed by atoms with Crippen LogP contribution in [0.5, 0.6) is 0 Å². The van der Waals surface area contributed by atoms with Crippen LogP contribution in [0.1, 0.15) is 13.3 Å². The van der Waals surface area contributed by atoms with Gasteiger partial charge in [-0.1, -0.05) is 11.1 Å². The van der Waals surface area contributed by atoms with Gasteiger partial charge >= 0.3 is 0 Å². The van der Waals surface area contributed by atoms with E-state index in [1.54, 1.807) is 0 Å². The first-order chi connectivity index (χ1) is 7.29. The van der Waals surface area contributed by atoms with Gasteiger partial charge in [-0.05, 0) is 31.5 Å². The molecule has 2 aliphatic rings. The lowest BCUT2D eigenvalue weighted by Crippen LogP contribution is -2.23. The standard InChI is InChI=1S/C12H16N2O/c1-3-10(2)5-7-15-13-12-9-14-6-4-11(12)8-14/h1,5,11H,4,6-9H2,2H3/b10-5+,13-12+. The van der Waals surface area contributed by atoms with Crippen molar-refractivity contribution in [2.24, 2.45) is 11.1 Å². The number of terminal acetylenes is 1. The minimum Gasteiger partial charge on any atom is -0.392 e. The molecule has 2 aliphatic heterocycles. The molecular weight excluding hydrogens is 188 g/mol. The molecule has 2 bridgehead atoms. The topological polar surface area (TPSA) is 24.8 Å². The van der Waals surface area contributed by atoms with E-state index >= 15 is 0 Å². The molecule has 0 radical (unpaired) electrons. The molecule has 0 aromatic carbocycles. The van der Waals surface area contributed by atoms with Crippen LogP contribution in [-0.4, -0.2) is 36.9 Å². The number of nitrogens with zero attached hydrogens (tertiary/aromatic N) is 2. The third-order valence-corrected chi connectivity index (χ3v) is 3.00. The van der Waals surface area contributed by atoms with E-state index in [1.165, 1.54) is 25.2 Å². The predicted molar refractivity (Wildman–Crippen MR) is 60.5 cm³/mol. The smallest absolute Gasteiger partial charge is 0.136 e. The number of hydrogen-bond acceptors (Lipinski definition) is 3. The van der Waals surface area contributed by atoms with E-state index in [1.807, 2.05) is 13.0 Å². The maximum Gasteiger partial charge on any atom is 0.136 e. The first-order valence-electron chi connectivity index (χ1n) is 5.34. The van der Waals surface area contributed by atoms with Crippen molar-refractivity contribution in [3.05, 3.63) is 11.6 Å². The van der Waals surface area contributed by atoms with Crippen LogP contribution in [-0.2, 0) is 4.84 Å². The molecule has 0 saturated carbocycles. The van der Waals surface area contributed by atoms with E-state index < -0.39 is 0 Å². The van der Waals surface area contributed by atoms with E-state index in [2.05, 4.69) is 16.0 Å². The van der Waals surface area contributed by atoms with Crippen molar-refractivity contribution < 1.29 is 4.84 Å². The van der Waals surface area contributed by atoms with Gasteiger partial charge in [0.25, 0.3) is 0 Å². The molecule has 15 heavy (non-hydrogen) atoms. The molecule has 2 saturated heterocycles. The zero-order valence-electron chi connectivity index (χ0n) is 9.07. The Bertz CT molecular complexity index is 338. The third kappa shape index (κ3) is 2.40. The Labute approximate surface area is 90.8 Å². The van der Waals surface area contributed by atoms with E-state index in [9.17, 15) is 0 Å². The fraction of sp³-hybridized carbons (Fsp3) is 0.583. The highest BCUT2D eigenvalue weighted by atomic mass is 16.6. The number of hydrogen-bond donors (Lipinski definition) is 0. The van der Waals surface area contributed by atoms with Gasteiger partial charge in [0.15, 0.2) is 0 Å². The van der Waals surface area contributed by atoms with E-state index in [4.69, 9.17) is 11.3 Å². The van der Waals surface area contributed by atoms with Crippen molar-refractivity contribution in [3.63, 3.8) is 0 Å². The average molecular weight is 204 g/mol. The second-order valence-electron chi connectivity index (χ2n) is 4.13. The minimum atomic E-state index is 0.478. The lowest BCUT2D eigenvalue weighted by atomic mass is 10.0. The van der Waals surface area contributed by atoms with Crippen LogP contribution >= 0.6 is 0 Å². The SMILES string of the molecule is C#C/C(C)=C/CO/N=C1\CN2CCC1C2. The van der Waals surface area contributed by atoms with E-state index in [0.717, 1.165) is 12.1 Å². The van der Waals surface area contributed by atoms with Crippen molar-refractivity contribution >= 4 is 5.71 Å². The zero-order valence-corrected chi connectivity index (χ0v) is 9.07. The summed E-state index contributed by atoms with van der Waals surface area (Å²) < 4.78 is 0. The van der Waals surface area contributed by atoms with Gasteiger partial charge in [-0.2, -0.15) is 0 Å². The van der Waals surface area contributed by atoms with Crippen LogP contribution in [0.15, 0.2) is 16.8 Å². The summed E-state index contributed by atoms with van der Waals surface area (Å²) in [4.78, 5) is 7.64. The molecule has 0 aromatic heterocycles. The van der Waals surface area contributed by atoms with Crippen LogP contribution < -0.4 is 0 Å². The third-order valence-electron chi connectivity index (χ3n) is 3.00. The van der Waals surface area contributed by atoms with Crippen LogP contribution in [0, 0.1) is 18.3 Å². The minimum absolute atomic E-state index is 0.478. The monoisotopic (exact) mass is 204 g/mol. The molecule has 80 valence electrons. The molecule has 2 fully saturated rings. The van der Waals surface area contributed by atoms with E-state index in [0.29, 0.717) is 12.5 Å². The molecule has 2 heterocycles. The van der Waals surface area contributed by atoms with E-state index in [-0.39, 0.29) is 0 Å². The Hall–Kier alpha value is -1.27. The van der Waals surface area contributed by atoms with Crippen LogP contribution in [0.25, 0.3) is 0 Å². The summed E-state index contributed by atoms with van der Waals surface area (Å²) in [6, 6.07) is 0. The van der Waals surface area contributed by atoms with Gasteiger partial charge < -0.3 is 4.84 Å². The second kappa shape index (κ2) is 4.50. The van der Waals surface area contributed by atoms with Gasteiger partial charge in [0.05, 0.1) is 5.71 Å². The van der Waals surface area contributed by atoms with Crippen molar-refractivity contribution in [2.75, 3.05) is 26.2 Å². The second-order valence-corrected chi connectivity index (χ2v) is 4.13. The van der Waals surface area contributed by atoms with Crippen molar-refractivity contribution in [1.82, 2.24) is 4.90 Å². The molecule has 0 amide bonds. The molecular formula is C12H16N2O. The van der Waals surface area contributed by atoms with Gasteiger partial charge in [-0.3, -0.25) is 4.90 Å².